The first-order valence-corrected chi connectivity index (χ1v) is 30.3. The number of aliphatic hydroxyl groups is 6. The first-order valence-electron chi connectivity index (χ1n) is 25.8. The largest absolute Gasteiger partial charge is 0.499 e. The molecule has 8 atom stereocenters. The van der Waals surface area contributed by atoms with Crippen molar-refractivity contribution in [3.63, 3.8) is 0 Å². The maximum absolute atomic E-state index is 13.2. The maximum Gasteiger partial charge on any atom is 0.499 e. The number of ether oxygens (including phenoxy) is 2. The molecule has 422 valence electrons. The topological polar surface area (TPSA) is 372 Å². The fraction of sp³-hybridized carbons (Fsp3) is 0.956. The minimum atomic E-state index is -5.57. The van der Waals surface area contributed by atoms with Gasteiger partial charge in [0, 0.05) is 12.8 Å². The Morgan fingerprint density at radius 1 is 0.493 bits per heavy atom. The van der Waals surface area contributed by atoms with Gasteiger partial charge in [0.05, 0.1) is 18.8 Å². The van der Waals surface area contributed by atoms with Crippen molar-refractivity contribution in [2.45, 2.75) is 261 Å². The zero-order chi connectivity index (χ0) is 53.4. The van der Waals surface area contributed by atoms with Gasteiger partial charge in [0.2, 0.25) is 0 Å². The molecular formula is C45H89O23P3. The molecule has 0 bridgehead atoms. The number of rotatable bonds is 45. The zero-order valence-corrected chi connectivity index (χ0v) is 44.6. The van der Waals surface area contributed by atoms with E-state index in [1.54, 1.807) is 0 Å². The van der Waals surface area contributed by atoms with E-state index >= 15 is 0 Å². The van der Waals surface area contributed by atoms with Gasteiger partial charge in [-0.3, -0.25) is 23.2 Å². The van der Waals surface area contributed by atoms with Crippen LogP contribution >= 0.6 is 23.5 Å². The van der Waals surface area contributed by atoms with Gasteiger partial charge in [-0.05, 0) is 19.3 Å². The lowest BCUT2D eigenvalue weighted by Gasteiger charge is -2.45. The standard InChI is InChI=1S/C45H89O23P3/c1-3-5-7-9-11-13-15-16-17-18-20-22-24-26-28-30-38(46)62-33-35(34-63-71(60,61)68-67-45(53)43(51)41(49)40(48)42(50)44(45)52)64-39(47)32-31-37(66-70(57,58)59)36(65-69(54,55)56)29-27-25-23-21-19-14-12-10-8-6-4-2/h35-37,40-44,48-53H,3-34H2,1-2H3,(H,60,61)(H2,54,55,56)(H2,57,58,59). The van der Waals surface area contributed by atoms with E-state index < -0.39 is 116 Å². The van der Waals surface area contributed by atoms with Crippen LogP contribution in [0.2, 0.25) is 0 Å². The van der Waals surface area contributed by atoms with Gasteiger partial charge in [-0.15, -0.1) is 4.67 Å². The third kappa shape index (κ3) is 32.2. The monoisotopic (exact) mass is 1090 g/mol. The van der Waals surface area contributed by atoms with Crippen molar-refractivity contribution in [1.82, 2.24) is 0 Å². The summed E-state index contributed by atoms with van der Waals surface area (Å²) in [6.45, 7) is 2.45. The molecule has 1 rings (SSSR count). The Kier molecular flexibility index (Phi) is 36.1. The fourth-order valence-corrected chi connectivity index (χ4v) is 9.94. The lowest BCUT2D eigenvalue weighted by Crippen LogP contribution is -2.71. The van der Waals surface area contributed by atoms with Crippen LogP contribution in [0, 0.1) is 0 Å². The Balaban J connectivity index is 2.92. The molecule has 1 aliphatic carbocycles. The van der Waals surface area contributed by atoms with Gasteiger partial charge in [-0.2, -0.15) is 4.89 Å². The number of hydrogen-bond acceptors (Lipinski definition) is 18. The molecule has 0 radical (unpaired) electrons. The van der Waals surface area contributed by atoms with E-state index in [9.17, 15) is 78.4 Å². The van der Waals surface area contributed by atoms with Gasteiger partial charge in [0.1, 0.15) is 37.1 Å². The normalized spacial score (nSPS) is 23.0. The molecule has 0 aromatic heterocycles. The third-order valence-electron chi connectivity index (χ3n) is 12.3. The van der Waals surface area contributed by atoms with E-state index in [0.29, 0.717) is 19.3 Å². The van der Waals surface area contributed by atoms with E-state index in [-0.39, 0.29) is 12.8 Å². The van der Waals surface area contributed by atoms with Crippen molar-refractivity contribution in [1.29, 1.82) is 0 Å². The Hall–Kier alpha value is -1.01. The van der Waals surface area contributed by atoms with E-state index in [1.807, 2.05) is 0 Å². The van der Waals surface area contributed by atoms with Crippen LogP contribution in [0.3, 0.4) is 0 Å². The molecule has 0 aliphatic heterocycles. The summed E-state index contributed by atoms with van der Waals surface area (Å²) in [5, 5.41) is 60.6. The highest BCUT2D eigenvalue weighted by Gasteiger charge is 2.60. The third-order valence-corrected chi connectivity index (χ3v) is 14.1. The van der Waals surface area contributed by atoms with Crippen molar-refractivity contribution < 1.29 is 111 Å². The number of aliphatic hydroxyl groups excluding tert-OH is 5. The highest BCUT2D eigenvalue weighted by Crippen LogP contribution is 2.47. The molecule has 0 aromatic rings. The first-order chi connectivity index (χ1) is 33.5. The smallest absolute Gasteiger partial charge is 0.462 e. The average Bonchev–Trinajstić information content (AvgIpc) is 3.30. The van der Waals surface area contributed by atoms with Crippen LogP contribution in [-0.4, -0.2) is 135 Å². The Morgan fingerprint density at radius 3 is 1.28 bits per heavy atom. The molecule has 0 amide bonds. The van der Waals surface area contributed by atoms with E-state index in [4.69, 9.17) is 23.0 Å². The van der Waals surface area contributed by atoms with Gasteiger partial charge in [-0.25, -0.2) is 13.7 Å². The summed E-state index contributed by atoms with van der Waals surface area (Å²) in [5.41, 5.74) is 0. The van der Waals surface area contributed by atoms with Crippen LogP contribution in [0.1, 0.15) is 206 Å². The highest BCUT2D eigenvalue weighted by atomic mass is 31.2. The lowest BCUT2D eigenvalue weighted by molar-refractivity contribution is -0.450. The van der Waals surface area contributed by atoms with Crippen LogP contribution < -0.4 is 0 Å². The second-order valence-corrected chi connectivity index (χ2v) is 22.4. The molecule has 71 heavy (non-hydrogen) atoms. The first kappa shape index (κ1) is 68.0. The summed E-state index contributed by atoms with van der Waals surface area (Å²) in [5.74, 6) is -5.44. The van der Waals surface area contributed by atoms with Crippen LogP contribution in [-0.2, 0) is 55.9 Å². The van der Waals surface area contributed by atoms with E-state index in [2.05, 4.69) is 23.4 Å². The zero-order valence-electron chi connectivity index (χ0n) is 41.9. The molecule has 1 fully saturated rings. The van der Waals surface area contributed by atoms with Gasteiger partial charge < -0.3 is 64.6 Å². The number of phosphoric ester groups is 3. The maximum atomic E-state index is 13.2. The molecule has 11 N–H and O–H groups in total. The number of hydrogen-bond donors (Lipinski definition) is 11. The van der Waals surface area contributed by atoms with Crippen molar-refractivity contribution in [3.05, 3.63) is 0 Å². The summed E-state index contributed by atoms with van der Waals surface area (Å²) in [6, 6.07) is 0. The number of carbonyl (C=O) groups is 2. The molecule has 1 aliphatic rings. The van der Waals surface area contributed by atoms with Crippen molar-refractivity contribution in [2.75, 3.05) is 13.2 Å². The fourth-order valence-electron chi connectivity index (χ4n) is 8.14. The van der Waals surface area contributed by atoms with Crippen LogP contribution in [0.25, 0.3) is 0 Å². The number of unbranched alkanes of at least 4 members (excludes halogenated alkanes) is 24. The summed E-state index contributed by atoms with van der Waals surface area (Å²) >= 11 is 0. The van der Waals surface area contributed by atoms with Gasteiger partial charge >= 0.3 is 35.4 Å². The molecule has 8 unspecified atom stereocenters. The lowest BCUT2D eigenvalue weighted by atomic mass is 9.82. The Labute approximate surface area is 419 Å². The van der Waals surface area contributed by atoms with Gasteiger partial charge in [0.25, 0.3) is 5.79 Å². The van der Waals surface area contributed by atoms with Crippen molar-refractivity contribution in [2.24, 2.45) is 0 Å². The second kappa shape index (κ2) is 37.7. The summed E-state index contributed by atoms with van der Waals surface area (Å²) in [6.07, 6.45) is 8.42. The average molecular weight is 1090 g/mol. The van der Waals surface area contributed by atoms with Gasteiger partial charge in [0.15, 0.2) is 6.10 Å². The van der Waals surface area contributed by atoms with Gasteiger partial charge in [-0.1, -0.05) is 174 Å². The summed E-state index contributed by atoms with van der Waals surface area (Å²) in [4.78, 5) is 79.3. The molecule has 23 nitrogen and oxygen atoms in total. The number of esters is 2. The van der Waals surface area contributed by atoms with Crippen molar-refractivity contribution in [3.8, 4) is 0 Å². The molecule has 0 heterocycles. The number of phosphoric acid groups is 3. The van der Waals surface area contributed by atoms with E-state index in [0.717, 1.165) is 70.6 Å². The SMILES string of the molecule is CCCCCCCCCCCCCCCCCC(=O)OCC(COP(=O)(O)OOC1(O)C(O)C(O)C(O)C(O)C1O)OC(=O)CCC(OP(=O)(O)O)C(CCCCCCCCCCCCC)OP(=O)(O)O. The molecule has 0 aromatic carbocycles. The molecular weight excluding hydrogens is 1000 g/mol. The molecule has 0 spiro atoms. The minimum Gasteiger partial charge on any atom is -0.462 e. The predicted molar refractivity (Wildman–Crippen MR) is 257 cm³/mol. The quantitative estimate of drug-likeness (QED) is 0.00753. The molecule has 26 heteroatoms. The molecule has 1 saturated carbocycles. The second-order valence-electron chi connectivity index (χ2n) is 18.7. The molecule has 0 saturated heterocycles. The van der Waals surface area contributed by atoms with E-state index in [1.165, 1.54) is 77.0 Å². The highest BCUT2D eigenvalue weighted by molar-refractivity contribution is 7.47. The predicted octanol–water partition coefficient (Wildman–Crippen LogP) is 6.71. The number of carbonyl (C=O) groups excluding carboxylic acids is 2. The summed E-state index contributed by atoms with van der Waals surface area (Å²) in [7, 11) is -16.2. The van der Waals surface area contributed by atoms with Crippen LogP contribution in [0.15, 0.2) is 0 Å². The Bertz CT molecular complexity index is 1530. The van der Waals surface area contributed by atoms with Crippen LogP contribution in [0.4, 0.5) is 0 Å². The van der Waals surface area contributed by atoms with Crippen molar-refractivity contribution >= 4 is 35.4 Å². The Morgan fingerprint density at radius 2 is 0.873 bits per heavy atom. The van der Waals surface area contributed by atoms with Crippen LogP contribution in [0.5, 0.6) is 0 Å². The minimum absolute atomic E-state index is 0.0354. The summed E-state index contributed by atoms with van der Waals surface area (Å²) < 4.78 is 66.1.